The normalized spacial score (nSPS) is 38.8. The molecule has 2 rings (SSSR count). The van der Waals surface area contributed by atoms with E-state index in [1.807, 2.05) is 0 Å². The molecule has 0 aromatic heterocycles. The molecule has 0 spiro atoms. The molecule has 1 saturated carbocycles. The summed E-state index contributed by atoms with van der Waals surface area (Å²) in [6, 6.07) is 2.40. The summed E-state index contributed by atoms with van der Waals surface area (Å²) in [5.74, 6) is 1.02. The van der Waals surface area contributed by atoms with E-state index in [0.29, 0.717) is 0 Å². The van der Waals surface area contributed by atoms with Gasteiger partial charge in [-0.1, -0.05) is 27.2 Å². The lowest BCUT2D eigenvalue weighted by molar-refractivity contribution is 0.0499. The fourth-order valence-electron chi connectivity index (χ4n) is 3.87. The molecule has 18 heavy (non-hydrogen) atoms. The van der Waals surface area contributed by atoms with Crippen molar-refractivity contribution in [3.05, 3.63) is 0 Å². The average Bonchev–Trinajstić information content (AvgIpc) is 2.46. The molecule has 0 aromatic carbocycles. The molecule has 1 N–H and O–H groups in total. The Morgan fingerprint density at radius 3 is 2.22 bits per heavy atom. The summed E-state index contributed by atoms with van der Waals surface area (Å²) in [6.45, 7) is 9.52. The second-order valence-electron chi connectivity index (χ2n) is 6.36. The topological polar surface area (TPSA) is 15.3 Å². The summed E-state index contributed by atoms with van der Waals surface area (Å²) >= 11 is 0. The molecule has 0 amide bonds. The van der Waals surface area contributed by atoms with Crippen molar-refractivity contribution in [1.29, 1.82) is 0 Å². The van der Waals surface area contributed by atoms with Gasteiger partial charge >= 0.3 is 0 Å². The maximum Gasteiger partial charge on any atom is 0.0221 e. The fourth-order valence-corrected chi connectivity index (χ4v) is 3.87. The number of rotatable bonds is 4. The maximum atomic E-state index is 3.72. The second-order valence-corrected chi connectivity index (χ2v) is 6.36. The van der Waals surface area contributed by atoms with E-state index in [1.54, 1.807) is 0 Å². The van der Waals surface area contributed by atoms with Gasteiger partial charge in [0.2, 0.25) is 0 Å². The minimum Gasteiger partial charge on any atom is -0.311 e. The highest BCUT2D eigenvalue weighted by molar-refractivity contribution is 4.90. The van der Waals surface area contributed by atoms with Crippen LogP contribution in [-0.2, 0) is 0 Å². The highest BCUT2D eigenvalue weighted by atomic mass is 15.3. The smallest absolute Gasteiger partial charge is 0.0221 e. The first kappa shape index (κ1) is 14.3. The van der Waals surface area contributed by atoms with Crippen LogP contribution in [0.4, 0.5) is 0 Å². The first-order valence-electron chi connectivity index (χ1n) is 8.27. The van der Waals surface area contributed by atoms with E-state index in [2.05, 4.69) is 31.0 Å². The molecule has 0 radical (unpaired) electrons. The maximum absolute atomic E-state index is 3.72. The van der Waals surface area contributed by atoms with Crippen LogP contribution in [0.15, 0.2) is 0 Å². The number of piperazine rings is 1. The predicted molar refractivity (Wildman–Crippen MR) is 78.9 cm³/mol. The Morgan fingerprint density at radius 2 is 1.67 bits per heavy atom. The van der Waals surface area contributed by atoms with Crippen LogP contribution in [0.1, 0.15) is 65.7 Å². The van der Waals surface area contributed by atoms with Crippen molar-refractivity contribution >= 4 is 0 Å². The van der Waals surface area contributed by atoms with Crippen molar-refractivity contribution in [2.45, 2.75) is 83.8 Å². The van der Waals surface area contributed by atoms with Gasteiger partial charge in [0.05, 0.1) is 0 Å². The Kier molecular flexibility index (Phi) is 5.50. The molecular formula is C16H32N2. The van der Waals surface area contributed by atoms with Crippen LogP contribution in [0.3, 0.4) is 0 Å². The molecule has 106 valence electrons. The lowest BCUT2D eigenvalue weighted by atomic mass is 9.83. The number of nitrogens with zero attached hydrogens (tertiary/aromatic N) is 1. The van der Waals surface area contributed by atoms with E-state index < -0.39 is 0 Å². The van der Waals surface area contributed by atoms with Gasteiger partial charge in [0.1, 0.15) is 0 Å². The molecule has 1 saturated heterocycles. The average molecular weight is 252 g/mol. The lowest BCUT2D eigenvalue weighted by Crippen LogP contribution is -2.59. The highest BCUT2D eigenvalue weighted by Gasteiger charge is 2.33. The zero-order valence-corrected chi connectivity index (χ0v) is 12.6. The SMILES string of the molecule is CCC1CCC(N2CC(CC)NCC2CC)CC1. The molecule has 1 heterocycles. The van der Waals surface area contributed by atoms with E-state index >= 15 is 0 Å². The van der Waals surface area contributed by atoms with Crippen LogP contribution in [0, 0.1) is 5.92 Å². The summed E-state index contributed by atoms with van der Waals surface area (Å²) in [5, 5.41) is 3.72. The number of hydrogen-bond donors (Lipinski definition) is 1. The van der Waals surface area contributed by atoms with Gasteiger partial charge in [0.15, 0.2) is 0 Å². The quantitative estimate of drug-likeness (QED) is 0.825. The van der Waals surface area contributed by atoms with E-state index in [-0.39, 0.29) is 0 Å². The molecule has 2 aliphatic rings. The summed E-state index contributed by atoms with van der Waals surface area (Å²) in [4.78, 5) is 2.86. The van der Waals surface area contributed by atoms with Crippen LogP contribution in [0.5, 0.6) is 0 Å². The monoisotopic (exact) mass is 252 g/mol. The van der Waals surface area contributed by atoms with Gasteiger partial charge in [0, 0.05) is 31.2 Å². The Balaban J connectivity index is 1.91. The Bertz CT molecular complexity index is 233. The first-order valence-corrected chi connectivity index (χ1v) is 8.27. The molecule has 2 nitrogen and oxygen atoms in total. The van der Waals surface area contributed by atoms with Crippen LogP contribution in [0.2, 0.25) is 0 Å². The largest absolute Gasteiger partial charge is 0.311 e. The van der Waals surface area contributed by atoms with Crippen LogP contribution in [-0.4, -0.2) is 36.1 Å². The van der Waals surface area contributed by atoms with Crippen molar-refractivity contribution in [3.8, 4) is 0 Å². The molecule has 2 fully saturated rings. The Hall–Kier alpha value is -0.0800. The number of hydrogen-bond acceptors (Lipinski definition) is 2. The first-order chi connectivity index (χ1) is 8.78. The molecule has 1 aliphatic carbocycles. The summed E-state index contributed by atoms with van der Waals surface area (Å²) in [5.41, 5.74) is 0. The van der Waals surface area contributed by atoms with Crippen molar-refractivity contribution < 1.29 is 0 Å². The molecule has 0 aromatic rings. The Morgan fingerprint density at radius 1 is 0.944 bits per heavy atom. The third-order valence-electron chi connectivity index (χ3n) is 5.37. The van der Waals surface area contributed by atoms with E-state index in [1.165, 1.54) is 58.0 Å². The highest BCUT2D eigenvalue weighted by Crippen LogP contribution is 2.31. The van der Waals surface area contributed by atoms with Gasteiger partial charge in [-0.15, -0.1) is 0 Å². The predicted octanol–water partition coefficient (Wildman–Crippen LogP) is 3.42. The van der Waals surface area contributed by atoms with Crippen molar-refractivity contribution in [3.63, 3.8) is 0 Å². The molecular weight excluding hydrogens is 220 g/mol. The second kappa shape index (κ2) is 6.91. The van der Waals surface area contributed by atoms with Crippen molar-refractivity contribution in [2.75, 3.05) is 13.1 Å². The molecule has 1 aliphatic heterocycles. The van der Waals surface area contributed by atoms with Gasteiger partial charge < -0.3 is 5.32 Å². The standard InChI is InChI=1S/C16H32N2/c1-4-13-7-9-16(10-8-13)18-12-14(5-2)17-11-15(18)6-3/h13-17H,4-12H2,1-3H3. The molecule has 2 unspecified atom stereocenters. The molecule has 2 heteroatoms. The lowest BCUT2D eigenvalue weighted by Gasteiger charge is -2.46. The zero-order valence-electron chi connectivity index (χ0n) is 12.6. The minimum absolute atomic E-state index is 0.733. The third kappa shape index (κ3) is 3.27. The third-order valence-corrected chi connectivity index (χ3v) is 5.37. The van der Waals surface area contributed by atoms with Gasteiger partial charge in [-0.3, -0.25) is 4.90 Å². The van der Waals surface area contributed by atoms with Crippen molar-refractivity contribution in [2.24, 2.45) is 5.92 Å². The van der Waals surface area contributed by atoms with Crippen LogP contribution >= 0.6 is 0 Å². The van der Waals surface area contributed by atoms with Gasteiger partial charge in [-0.2, -0.15) is 0 Å². The fraction of sp³-hybridized carbons (Fsp3) is 1.00. The summed E-state index contributed by atoms with van der Waals surface area (Å²) in [6.07, 6.45) is 9.81. The van der Waals surface area contributed by atoms with Crippen LogP contribution in [0.25, 0.3) is 0 Å². The molecule has 0 bridgehead atoms. The summed E-state index contributed by atoms with van der Waals surface area (Å²) in [7, 11) is 0. The number of nitrogens with one attached hydrogen (secondary N) is 1. The van der Waals surface area contributed by atoms with Gasteiger partial charge in [-0.25, -0.2) is 0 Å². The van der Waals surface area contributed by atoms with E-state index in [4.69, 9.17) is 0 Å². The van der Waals surface area contributed by atoms with Crippen molar-refractivity contribution in [1.82, 2.24) is 10.2 Å². The van der Waals surface area contributed by atoms with Gasteiger partial charge in [0.25, 0.3) is 0 Å². The molecule has 2 atom stereocenters. The minimum atomic E-state index is 0.733. The summed E-state index contributed by atoms with van der Waals surface area (Å²) < 4.78 is 0. The Labute approximate surface area is 114 Å². The van der Waals surface area contributed by atoms with Gasteiger partial charge in [-0.05, 0) is 44.4 Å². The van der Waals surface area contributed by atoms with E-state index in [9.17, 15) is 0 Å². The zero-order chi connectivity index (χ0) is 13.0. The van der Waals surface area contributed by atoms with Crippen LogP contribution < -0.4 is 5.32 Å². The van der Waals surface area contributed by atoms with E-state index in [0.717, 1.165) is 24.0 Å².